The van der Waals surface area contributed by atoms with E-state index in [0.29, 0.717) is 30.0 Å². The molecule has 3 heterocycles. The number of pyridine rings is 1. The van der Waals surface area contributed by atoms with Crippen molar-refractivity contribution in [2.45, 2.75) is 63.8 Å². The first kappa shape index (κ1) is 25.4. The molecule has 1 aromatic carbocycles. The highest BCUT2D eigenvalue weighted by Crippen LogP contribution is 2.54. The standard InChI is InChI=1S/C28H39N5O2S/c1-20-17-24(29-25(18-20)33-13-15-35-16-14-33)30-26(34)22-6-5-21(36-31-27(2,3)4)19-23(22)32-11-9-28(7-8-28)10-12-32/h5-6,17-19,31H,7-16H2,1-4H3,(H,29,30,34). The molecule has 1 aromatic heterocycles. The summed E-state index contributed by atoms with van der Waals surface area (Å²) in [5.41, 5.74) is 3.38. The molecule has 7 nitrogen and oxygen atoms in total. The number of anilines is 3. The Bertz CT molecular complexity index is 1100. The molecule has 3 aliphatic rings. The first-order valence-electron chi connectivity index (χ1n) is 13.2. The third kappa shape index (κ3) is 6.15. The van der Waals surface area contributed by atoms with Crippen LogP contribution in [0.2, 0.25) is 0 Å². The Labute approximate surface area is 219 Å². The molecule has 2 aliphatic heterocycles. The fourth-order valence-corrected chi connectivity index (χ4v) is 5.72. The summed E-state index contributed by atoms with van der Waals surface area (Å²) in [7, 11) is 0. The van der Waals surface area contributed by atoms with Gasteiger partial charge in [0.05, 0.1) is 24.5 Å². The third-order valence-electron chi connectivity index (χ3n) is 7.34. The first-order chi connectivity index (χ1) is 17.2. The predicted molar refractivity (Wildman–Crippen MR) is 148 cm³/mol. The van der Waals surface area contributed by atoms with Crippen LogP contribution in [0.4, 0.5) is 17.3 Å². The van der Waals surface area contributed by atoms with Crippen LogP contribution in [0.5, 0.6) is 0 Å². The van der Waals surface area contributed by atoms with Crippen molar-refractivity contribution in [3.8, 4) is 0 Å². The van der Waals surface area contributed by atoms with Crippen molar-refractivity contribution in [1.82, 2.24) is 9.71 Å². The molecular formula is C28H39N5O2S. The SMILES string of the molecule is Cc1cc(NC(=O)c2ccc(SNC(C)(C)C)cc2N2CCC3(CC2)CC3)nc(N2CCOCC2)c1. The number of carbonyl (C=O) groups is 1. The van der Waals surface area contributed by atoms with E-state index in [1.54, 1.807) is 11.9 Å². The van der Waals surface area contributed by atoms with Gasteiger partial charge < -0.3 is 19.9 Å². The van der Waals surface area contributed by atoms with E-state index < -0.39 is 0 Å². The predicted octanol–water partition coefficient (Wildman–Crippen LogP) is 5.25. The molecule has 3 fully saturated rings. The molecule has 2 N–H and O–H groups in total. The lowest BCUT2D eigenvalue weighted by molar-refractivity contribution is 0.102. The Kier molecular flexibility index (Phi) is 7.21. The summed E-state index contributed by atoms with van der Waals surface area (Å²) in [6.07, 6.45) is 5.16. The molecule has 194 valence electrons. The molecule has 8 heteroatoms. The van der Waals surface area contributed by atoms with Gasteiger partial charge in [0.2, 0.25) is 0 Å². The molecule has 0 unspecified atom stereocenters. The minimum Gasteiger partial charge on any atom is -0.378 e. The van der Waals surface area contributed by atoms with Crippen molar-refractivity contribution in [2.75, 3.05) is 54.5 Å². The van der Waals surface area contributed by atoms with E-state index in [9.17, 15) is 4.79 Å². The van der Waals surface area contributed by atoms with E-state index in [0.717, 1.165) is 48.1 Å². The monoisotopic (exact) mass is 509 g/mol. The van der Waals surface area contributed by atoms with Crippen LogP contribution in [0.25, 0.3) is 0 Å². The van der Waals surface area contributed by atoms with Crippen LogP contribution in [-0.4, -0.2) is 55.8 Å². The van der Waals surface area contributed by atoms with Gasteiger partial charge in [0, 0.05) is 36.6 Å². The number of amides is 1. The normalized spacial score (nSPS) is 19.4. The molecule has 1 saturated carbocycles. The van der Waals surface area contributed by atoms with Crippen molar-refractivity contribution in [2.24, 2.45) is 5.41 Å². The van der Waals surface area contributed by atoms with Gasteiger partial charge in [0.1, 0.15) is 11.6 Å². The number of nitrogens with one attached hydrogen (secondary N) is 2. The minimum absolute atomic E-state index is 0.000612. The third-order valence-corrected chi connectivity index (χ3v) is 8.55. The number of aryl methyl sites for hydroxylation is 1. The van der Waals surface area contributed by atoms with Crippen molar-refractivity contribution in [3.63, 3.8) is 0 Å². The molecule has 5 rings (SSSR count). The molecule has 2 aromatic rings. The summed E-state index contributed by atoms with van der Waals surface area (Å²) >= 11 is 1.63. The maximum Gasteiger partial charge on any atom is 0.258 e. The van der Waals surface area contributed by atoms with Crippen molar-refractivity contribution in [3.05, 3.63) is 41.5 Å². The smallest absolute Gasteiger partial charge is 0.258 e. The summed E-state index contributed by atoms with van der Waals surface area (Å²) in [4.78, 5) is 24.1. The number of benzene rings is 1. The summed E-state index contributed by atoms with van der Waals surface area (Å²) in [6.45, 7) is 13.5. The van der Waals surface area contributed by atoms with Crippen molar-refractivity contribution in [1.29, 1.82) is 0 Å². The quantitative estimate of drug-likeness (QED) is 0.515. The number of piperidine rings is 1. The highest BCUT2D eigenvalue weighted by Gasteiger charge is 2.44. The van der Waals surface area contributed by atoms with Gasteiger partial charge >= 0.3 is 0 Å². The van der Waals surface area contributed by atoms with E-state index in [4.69, 9.17) is 9.72 Å². The van der Waals surface area contributed by atoms with E-state index in [2.05, 4.69) is 52.7 Å². The second kappa shape index (κ2) is 10.2. The molecule has 0 radical (unpaired) electrons. The number of ether oxygens (including phenoxy) is 1. The Hall–Kier alpha value is -2.29. The number of rotatable bonds is 6. The van der Waals surface area contributed by atoms with Gasteiger partial charge in [-0.1, -0.05) is 0 Å². The van der Waals surface area contributed by atoms with Gasteiger partial charge in [-0.05, 0) is 107 Å². The van der Waals surface area contributed by atoms with Crippen LogP contribution in [0.3, 0.4) is 0 Å². The summed E-state index contributed by atoms with van der Waals surface area (Å²) in [6, 6.07) is 10.2. The van der Waals surface area contributed by atoms with Crippen LogP contribution in [0.15, 0.2) is 35.2 Å². The molecular weight excluding hydrogens is 470 g/mol. The number of aromatic nitrogens is 1. The summed E-state index contributed by atoms with van der Waals surface area (Å²) < 4.78 is 8.98. The fourth-order valence-electron chi connectivity index (χ4n) is 4.99. The average molecular weight is 510 g/mol. The van der Waals surface area contributed by atoms with Crippen molar-refractivity contribution < 1.29 is 9.53 Å². The van der Waals surface area contributed by atoms with E-state index >= 15 is 0 Å². The maximum atomic E-state index is 13.6. The molecule has 36 heavy (non-hydrogen) atoms. The Morgan fingerprint density at radius 3 is 2.39 bits per heavy atom. The van der Waals surface area contributed by atoms with Crippen LogP contribution in [0.1, 0.15) is 62.4 Å². The van der Waals surface area contributed by atoms with Crippen molar-refractivity contribution >= 4 is 35.2 Å². The van der Waals surface area contributed by atoms with Gasteiger partial charge in [-0.25, -0.2) is 4.98 Å². The zero-order valence-electron chi connectivity index (χ0n) is 22.0. The number of hydrogen-bond acceptors (Lipinski definition) is 7. The molecule has 1 aliphatic carbocycles. The zero-order valence-corrected chi connectivity index (χ0v) is 22.8. The molecule has 1 spiro atoms. The maximum absolute atomic E-state index is 13.6. The van der Waals surface area contributed by atoms with Crippen LogP contribution in [0, 0.1) is 12.3 Å². The van der Waals surface area contributed by atoms with Gasteiger partial charge in [-0.15, -0.1) is 0 Å². The lowest BCUT2D eigenvalue weighted by Crippen LogP contribution is -2.37. The summed E-state index contributed by atoms with van der Waals surface area (Å²) in [5, 5.41) is 3.11. The fraction of sp³-hybridized carbons (Fsp3) is 0.571. The van der Waals surface area contributed by atoms with Crippen LogP contribution >= 0.6 is 11.9 Å². The highest BCUT2D eigenvalue weighted by atomic mass is 32.2. The Morgan fingerprint density at radius 2 is 1.72 bits per heavy atom. The lowest BCUT2D eigenvalue weighted by atomic mass is 9.93. The first-order valence-corrected chi connectivity index (χ1v) is 14.0. The zero-order chi connectivity index (χ0) is 25.3. The minimum atomic E-state index is -0.108. The van der Waals surface area contributed by atoms with E-state index in [1.807, 2.05) is 25.1 Å². The topological polar surface area (TPSA) is 69.7 Å². The molecule has 1 amide bonds. The molecule has 2 saturated heterocycles. The Balaban J connectivity index is 1.38. The van der Waals surface area contributed by atoms with E-state index in [1.165, 1.54) is 25.7 Å². The number of hydrogen-bond donors (Lipinski definition) is 2. The number of nitrogens with zero attached hydrogens (tertiary/aromatic N) is 3. The number of carbonyl (C=O) groups excluding carboxylic acids is 1. The Morgan fingerprint density at radius 1 is 1.00 bits per heavy atom. The molecule has 0 atom stereocenters. The van der Waals surface area contributed by atoms with Gasteiger partial charge in [-0.3, -0.25) is 9.52 Å². The second-order valence-electron chi connectivity index (χ2n) is 11.6. The average Bonchev–Trinajstić information content (AvgIpc) is 3.61. The largest absolute Gasteiger partial charge is 0.378 e. The second-order valence-corrected chi connectivity index (χ2v) is 12.4. The van der Waals surface area contributed by atoms with Crippen LogP contribution in [-0.2, 0) is 4.74 Å². The van der Waals surface area contributed by atoms with E-state index in [-0.39, 0.29) is 11.4 Å². The van der Waals surface area contributed by atoms with Crippen LogP contribution < -0.4 is 19.8 Å². The van der Waals surface area contributed by atoms with Gasteiger partial charge in [0.15, 0.2) is 0 Å². The lowest BCUT2D eigenvalue weighted by Gasteiger charge is -2.35. The highest BCUT2D eigenvalue weighted by molar-refractivity contribution is 7.97. The summed E-state index contributed by atoms with van der Waals surface area (Å²) in [5.74, 6) is 1.37. The van der Waals surface area contributed by atoms with Gasteiger partial charge in [-0.2, -0.15) is 0 Å². The molecule has 0 bridgehead atoms. The van der Waals surface area contributed by atoms with Gasteiger partial charge in [0.25, 0.3) is 5.91 Å². The number of morpholine rings is 1.